The molecule has 8 nitrogen and oxygen atoms in total. The molecule has 0 bridgehead atoms. The number of aromatic amines is 1. The van der Waals surface area contributed by atoms with Gasteiger partial charge in [0, 0.05) is 36.4 Å². The minimum atomic E-state index is -3.73. The van der Waals surface area contributed by atoms with E-state index in [-0.39, 0.29) is 12.1 Å². The third-order valence-electron chi connectivity index (χ3n) is 4.68. The summed E-state index contributed by atoms with van der Waals surface area (Å²) in [6.07, 6.45) is 3.16. The van der Waals surface area contributed by atoms with Crippen molar-refractivity contribution in [2.24, 2.45) is 5.14 Å². The number of pyridine rings is 2. The van der Waals surface area contributed by atoms with E-state index in [0.29, 0.717) is 12.2 Å². The molecular weight excluding hydrogens is 366 g/mol. The SMILES string of the molecule is NS(=O)(=O)N1CCCc2ccc(Nc3ccnc4[nH]c(=O)ccc34)cc2C1. The quantitative estimate of drug-likeness (QED) is 0.632. The Morgan fingerprint density at radius 2 is 2.00 bits per heavy atom. The van der Waals surface area contributed by atoms with Crippen molar-refractivity contribution in [1.29, 1.82) is 0 Å². The Bertz CT molecular complexity index is 1170. The summed E-state index contributed by atoms with van der Waals surface area (Å²) in [4.78, 5) is 18.4. The molecule has 0 saturated heterocycles. The van der Waals surface area contributed by atoms with Gasteiger partial charge >= 0.3 is 0 Å². The maximum atomic E-state index is 11.8. The lowest BCUT2D eigenvalue weighted by atomic mass is 10.0. The smallest absolute Gasteiger partial charge is 0.277 e. The third kappa shape index (κ3) is 3.70. The number of hydrogen-bond acceptors (Lipinski definition) is 5. The van der Waals surface area contributed by atoms with Gasteiger partial charge in [0.25, 0.3) is 10.2 Å². The average molecular weight is 385 g/mol. The molecule has 9 heteroatoms. The first-order valence-corrected chi connectivity index (χ1v) is 10.1. The number of anilines is 2. The van der Waals surface area contributed by atoms with Crippen LogP contribution < -0.4 is 16.0 Å². The van der Waals surface area contributed by atoms with Gasteiger partial charge < -0.3 is 10.3 Å². The van der Waals surface area contributed by atoms with Crippen molar-refractivity contribution < 1.29 is 8.42 Å². The van der Waals surface area contributed by atoms with Crippen molar-refractivity contribution >= 4 is 32.6 Å². The second-order valence-corrected chi connectivity index (χ2v) is 8.08. The van der Waals surface area contributed by atoms with Gasteiger partial charge in [0.1, 0.15) is 5.65 Å². The number of nitrogens with zero attached hydrogens (tertiary/aromatic N) is 2. The van der Waals surface area contributed by atoms with Gasteiger partial charge in [-0.1, -0.05) is 6.07 Å². The second-order valence-electron chi connectivity index (χ2n) is 6.53. The van der Waals surface area contributed by atoms with Gasteiger partial charge in [-0.25, -0.2) is 10.1 Å². The molecule has 0 aliphatic carbocycles. The van der Waals surface area contributed by atoms with E-state index in [0.717, 1.165) is 40.7 Å². The van der Waals surface area contributed by atoms with Crippen LogP contribution >= 0.6 is 0 Å². The van der Waals surface area contributed by atoms with E-state index >= 15 is 0 Å². The molecule has 2 aromatic heterocycles. The zero-order valence-electron chi connectivity index (χ0n) is 14.5. The van der Waals surface area contributed by atoms with Crippen LogP contribution in [0.2, 0.25) is 0 Å². The minimum absolute atomic E-state index is 0.208. The molecule has 0 spiro atoms. The van der Waals surface area contributed by atoms with E-state index in [1.54, 1.807) is 12.3 Å². The Hall–Kier alpha value is -2.75. The van der Waals surface area contributed by atoms with Crippen molar-refractivity contribution in [2.45, 2.75) is 19.4 Å². The van der Waals surface area contributed by atoms with Crippen LogP contribution in [0.4, 0.5) is 11.4 Å². The molecule has 0 saturated carbocycles. The zero-order chi connectivity index (χ0) is 19.0. The number of aryl methyl sites for hydroxylation is 1. The summed E-state index contributed by atoms with van der Waals surface area (Å²) in [5.41, 5.74) is 3.97. The van der Waals surface area contributed by atoms with E-state index in [1.165, 1.54) is 10.4 Å². The Morgan fingerprint density at radius 1 is 1.15 bits per heavy atom. The number of aromatic nitrogens is 2. The highest BCUT2D eigenvalue weighted by Crippen LogP contribution is 2.27. The lowest BCUT2D eigenvalue weighted by Crippen LogP contribution is -2.36. The van der Waals surface area contributed by atoms with E-state index in [9.17, 15) is 13.2 Å². The summed E-state index contributed by atoms with van der Waals surface area (Å²) in [7, 11) is -3.73. The maximum absolute atomic E-state index is 11.8. The number of H-pyrrole nitrogens is 1. The van der Waals surface area contributed by atoms with Gasteiger partial charge in [-0.3, -0.25) is 4.79 Å². The molecule has 4 rings (SSSR count). The number of hydrogen-bond donors (Lipinski definition) is 3. The Balaban J connectivity index is 1.69. The number of fused-ring (bicyclic) bond motifs is 2. The molecule has 27 heavy (non-hydrogen) atoms. The predicted molar refractivity (Wildman–Crippen MR) is 104 cm³/mol. The van der Waals surface area contributed by atoms with Gasteiger partial charge in [0.15, 0.2) is 0 Å². The van der Waals surface area contributed by atoms with Crippen LogP contribution in [0.3, 0.4) is 0 Å². The molecule has 1 aliphatic heterocycles. The number of nitrogens with two attached hydrogens (primary N) is 1. The molecule has 4 N–H and O–H groups in total. The standard InChI is InChI=1S/C18H19N5O3S/c19-27(25,26)23-9-1-2-12-3-4-14(10-13(12)11-23)21-16-7-8-20-18-15(16)5-6-17(24)22-18/h3-8,10H,1-2,9,11H2,(H2,19,25,26)(H2,20,21,22,24). The highest BCUT2D eigenvalue weighted by atomic mass is 32.2. The Labute approximate surface area is 156 Å². The predicted octanol–water partition coefficient (Wildman–Crippen LogP) is 1.62. The minimum Gasteiger partial charge on any atom is -0.355 e. The van der Waals surface area contributed by atoms with E-state index < -0.39 is 10.2 Å². The first-order valence-electron chi connectivity index (χ1n) is 8.55. The second kappa shape index (κ2) is 6.76. The van der Waals surface area contributed by atoms with Crippen molar-refractivity contribution in [3.63, 3.8) is 0 Å². The van der Waals surface area contributed by atoms with Gasteiger partial charge in [-0.05, 0) is 48.2 Å². The van der Waals surface area contributed by atoms with Gasteiger partial charge in [-0.2, -0.15) is 12.7 Å². The highest BCUT2D eigenvalue weighted by molar-refractivity contribution is 7.86. The number of nitrogens with one attached hydrogen (secondary N) is 2. The molecule has 0 unspecified atom stereocenters. The van der Waals surface area contributed by atoms with Crippen molar-refractivity contribution in [3.05, 3.63) is 64.1 Å². The Kier molecular flexibility index (Phi) is 4.42. The summed E-state index contributed by atoms with van der Waals surface area (Å²) in [5.74, 6) is 0. The maximum Gasteiger partial charge on any atom is 0.277 e. The fraction of sp³-hybridized carbons (Fsp3) is 0.222. The summed E-state index contributed by atoms with van der Waals surface area (Å²) >= 11 is 0. The van der Waals surface area contributed by atoms with Gasteiger partial charge in [0.2, 0.25) is 5.56 Å². The normalized spacial score (nSPS) is 15.3. The number of rotatable bonds is 3. The van der Waals surface area contributed by atoms with Gasteiger partial charge in [-0.15, -0.1) is 0 Å². The van der Waals surface area contributed by atoms with E-state index in [4.69, 9.17) is 5.14 Å². The lowest BCUT2D eigenvalue weighted by Gasteiger charge is -2.18. The Morgan fingerprint density at radius 3 is 2.81 bits per heavy atom. The van der Waals surface area contributed by atoms with Crippen LogP contribution in [0.5, 0.6) is 0 Å². The average Bonchev–Trinajstić information content (AvgIpc) is 2.83. The third-order valence-corrected chi connectivity index (χ3v) is 5.71. The van der Waals surface area contributed by atoms with Crippen LogP contribution in [0, 0.1) is 0 Å². The molecule has 0 atom stereocenters. The van der Waals surface area contributed by atoms with Crippen molar-refractivity contribution in [3.8, 4) is 0 Å². The molecule has 1 aromatic carbocycles. The molecule has 0 fully saturated rings. The van der Waals surface area contributed by atoms with Crippen LogP contribution in [0.1, 0.15) is 17.5 Å². The monoisotopic (exact) mass is 385 g/mol. The van der Waals surface area contributed by atoms with Crippen molar-refractivity contribution in [1.82, 2.24) is 14.3 Å². The number of benzene rings is 1. The first-order chi connectivity index (χ1) is 12.9. The van der Waals surface area contributed by atoms with E-state index in [2.05, 4.69) is 15.3 Å². The summed E-state index contributed by atoms with van der Waals surface area (Å²) in [6.45, 7) is 0.673. The van der Waals surface area contributed by atoms with Crippen LogP contribution in [0.15, 0.2) is 47.4 Å². The topological polar surface area (TPSA) is 121 Å². The first kappa shape index (κ1) is 17.7. The molecule has 1 aliphatic rings. The summed E-state index contributed by atoms with van der Waals surface area (Å²) in [5, 5.41) is 9.44. The fourth-order valence-corrected chi connectivity index (χ4v) is 4.05. The molecule has 0 amide bonds. The molecule has 0 radical (unpaired) electrons. The molecule has 3 heterocycles. The largest absolute Gasteiger partial charge is 0.355 e. The fourth-order valence-electron chi connectivity index (χ4n) is 3.35. The highest BCUT2D eigenvalue weighted by Gasteiger charge is 2.22. The van der Waals surface area contributed by atoms with Crippen molar-refractivity contribution in [2.75, 3.05) is 11.9 Å². The summed E-state index contributed by atoms with van der Waals surface area (Å²) < 4.78 is 24.8. The molecular formula is C18H19N5O3S. The van der Waals surface area contributed by atoms with Crippen LogP contribution in [-0.2, 0) is 23.2 Å². The summed E-state index contributed by atoms with van der Waals surface area (Å²) in [6, 6.07) is 10.9. The van der Waals surface area contributed by atoms with Crippen LogP contribution in [0.25, 0.3) is 11.0 Å². The van der Waals surface area contributed by atoms with Crippen LogP contribution in [-0.4, -0.2) is 29.2 Å². The molecule has 3 aromatic rings. The van der Waals surface area contributed by atoms with E-state index in [1.807, 2.05) is 24.3 Å². The zero-order valence-corrected chi connectivity index (χ0v) is 15.3. The molecule has 140 valence electrons. The van der Waals surface area contributed by atoms with Gasteiger partial charge in [0.05, 0.1) is 5.69 Å². The lowest BCUT2D eigenvalue weighted by molar-refractivity contribution is 0.411.